The van der Waals surface area contributed by atoms with Gasteiger partial charge in [0.15, 0.2) is 0 Å². The maximum absolute atomic E-state index is 12.3. The summed E-state index contributed by atoms with van der Waals surface area (Å²) in [6, 6.07) is 11.6. The number of amides is 1. The molecule has 3 rings (SSSR count). The third-order valence-corrected chi connectivity index (χ3v) is 4.78. The Morgan fingerprint density at radius 2 is 2.15 bits per heavy atom. The van der Waals surface area contributed by atoms with Crippen molar-refractivity contribution in [3.05, 3.63) is 52.8 Å². The number of rotatable bonds is 2. The Hall–Kier alpha value is -1.52. The molecule has 1 unspecified atom stereocenters. The van der Waals surface area contributed by atoms with Crippen LogP contribution in [0.5, 0.6) is 0 Å². The van der Waals surface area contributed by atoms with E-state index >= 15 is 0 Å². The lowest BCUT2D eigenvalue weighted by molar-refractivity contribution is -0.115. The number of aryl methyl sites for hydroxylation is 1. The third kappa shape index (κ3) is 2.67. The van der Waals surface area contributed by atoms with Crippen LogP contribution in [0.25, 0.3) is 0 Å². The summed E-state index contributed by atoms with van der Waals surface area (Å²) in [6.45, 7) is 1.83. The number of hydrogen-bond acceptors (Lipinski definition) is 3. The van der Waals surface area contributed by atoms with Crippen molar-refractivity contribution in [1.82, 2.24) is 4.98 Å². The Morgan fingerprint density at radius 1 is 1.35 bits per heavy atom. The van der Waals surface area contributed by atoms with Crippen LogP contribution in [0.15, 0.2) is 41.3 Å². The molecule has 0 bridgehead atoms. The minimum Gasteiger partial charge on any atom is -0.324 e. The zero-order chi connectivity index (χ0) is 14.1. The maximum Gasteiger partial charge on any atom is 0.238 e. The molecule has 1 aliphatic heterocycles. The molecule has 0 aliphatic carbocycles. The van der Waals surface area contributed by atoms with Gasteiger partial charge in [-0.1, -0.05) is 29.8 Å². The van der Waals surface area contributed by atoms with Crippen molar-refractivity contribution in [2.24, 2.45) is 0 Å². The first-order chi connectivity index (χ1) is 9.63. The molecule has 2 heterocycles. The lowest BCUT2D eigenvalue weighted by Crippen LogP contribution is -2.25. The van der Waals surface area contributed by atoms with E-state index in [0.29, 0.717) is 5.15 Å². The molecular weight excluding hydrogens is 292 g/mol. The summed E-state index contributed by atoms with van der Waals surface area (Å²) < 4.78 is 0. The summed E-state index contributed by atoms with van der Waals surface area (Å²) in [5.41, 5.74) is 2.69. The molecule has 5 heteroatoms. The molecule has 1 amide bonds. The number of nitrogens with zero attached hydrogens (tertiary/aromatic N) is 1. The molecule has 20 heavy (non-hydrogen) atoms. The second kappa shape index (κ2) is 5.46. The Morgan fingerprint density at radius 3 is 2.90 bits per heavy atom. The molecule has 1 N–H and O–H groups in total. The molecule has 1 aromatic heterocycles. The third-order valence-electron chi connectivity index (χ3n) is 3.25. The van der Waals surface area contributed by atoms with Crippen LogP contribution >= 0.6 is 23.4 Å². The molecule has 0 spiro atoms. The Labute approximate surface area is 126 Å². The van der Waals surface area contributed by atoms with Gasteiger partial charge >= 0.3 is 0 Å². The van der Waals surface area contributed by atoms with E-state index in [4.69, 9.17) is 11.6 Å². The molecular formula is C15H13ClN2OS. The second-order valence-electron chi connectivity index (χ2n) is 4.67. The summed E-state index contributed by atoms with van der Waals surface area (Å²) in [7, 11) is 0. The van der Waals surface area contributed by atoms with Crippen LogP contribution in [-0.2, 0) is 11.2 Å². The fraction of sp³-hybridized carbons (Fsp3) is 0.200. The fourth-order valence-corrected chi connectivity index (χ4v) is 3.59. The number of carbonyl (C=O) groups is 1. The summed E-state index contributed by atoms with van der Waals surface area (Å²) in [5.74, 6) is 0.0124. The number of halogens is 1. The van der Waals surface area contributed by atoms with E-state index in [-0.39, 0.29) is 11.2 Å². The van der Waals surface area contributed by atoms with Crippen molar-refractivity contribution in [2.45, 2.75) is 23.5 Å². The number of fused-ring (bicyclic) bond motifs is 1. The molecule has 1 atom stereocenters. The number of aromatic nitrogens is 1. The summed E-state index contributed by atoms with van der Waals surface area (Å²) in [6.07, 6.45) is 0.771. The minimum atomic E-state index is -0.0810. The van der Waals surface area contributed by atoms with Gasteiger partial charge in [-0.05, 0) is 37.1 Å². The van der Waals surface area contributed by atoms with Crippen molar-refractivity contribution < 1.29 is 4.79 Å². The molecule has 1 aliphatic rings. The van der Waals surface area contributed by atoms with Crippen LogP contribution in [0, 0.1) is 6.92 Å². The van der Waals surface area contributed by atoms with Gasteiger partial charge in [0.05, 0.1) is 16.6 Å². The lowest BCUT2D eigenvalue weighted by Gasteiger charge is -2.11. The van der Waals surface area contributed by atoms with Crippen LogP contribution in [0.4, 0.5) is 5.69 Å². The molecule has 2 aromatic rings. The number of anilines is 1. The molecule has 0 saturated carbocycles. The zero-order valence-corrected chi connectivity index (χ0v) is 12.5. The van der Waals surface area contributed by atoms with Gasteiger partial charge < -0.3 is 5.32 Å². The van der Waals surface area contributed by atoms with E-state index in [9.17, 15) is 4.79 Å². The normalized spacial score (nSPS) is 16.8. The van der Waals surface area contributed by atoms with E-state index in [1.54, 1.807) is 23.9 Å². The fourth-order valence-electron chi connectivity index (χ4n) is 2.20. The predicted molar refractivity (Wildman–Crippen MR) is 82.4 cm³/mol. The van der Waals surface area contributed by atoms with Gasteiger partial charge in [-0.15, -0.1) is 11.8 Å². The van der Waals surface area contributed by atoms with Gasteiger partial charge in [-0.2, -0.15) is 0 Å². The quantitative estimate of drug-likeness (QED) is 0.860. The largest absolute Gasteiger partial charge is 0.324 e. The van der Waals surface area contributed by atoms with Crippen molar-refractivity contribution in [2.75, 3.05) is 5.32 Å². The minimum absolute atomic E-state index is 0.0124. The Bertz CT molecular complexity index is 650. The second-order valence-corrected chi connectivity index (χ2v) is 6.31. The van der Waals surface area contributed by atoms with E-state index in [0.717, 1.165) is 17.8 Å². The van der Waals surface area contributed by atoms with Crippen LogP contribution < -0.4 is 5.32 Å². The lowest BCUT2D eigenvalue weighted by atomic mass is 10.1. The van der Waals surface area contributed by atoms with Gasteiger partial charge in [0, 0.05) is 4.90 Å². The van der Waals surface area contributed by atoms with E-state index < -0.39 is 0 Å². The van der Waals surface area contributed by atoms with Crippen molar-refractivity contribution in [3.63, 3.8) is 0 Å². The van der Waals surface area contributed by atoms with Crippen molar-refractivity contribution in [1.29, 1.82) is 0 Å². The maximum atomic E-state index is 12.3. The average Bonchev–Trinajstić information content (AvgIpc) is 2.86. The monoisotopic (exact) mass is 304 g/mol. The van der Waals surface area contributed by atoms with E-state index in [1.165, 1.54) is 10.5 Å². The highest BCUT2D eigenvalue weighted by Crippen LogP contribution is 2.37. The summed E-state index contributed by atoms with van der Waals surface area (Å²) in [5, 5.41) is 3.29. The number of benzene rings is 1. The molecule has 0 radical (unpaired) electrons. The Kier molecular flexibility index (Phi) is 3.68. The first-order valence-corrected chi connectivity index (χ1v) is 7.58. The number of thioether (sulfide) groups is 1. The molecule has 0 fully saturated rings. The van der Waals surface area contributed by atoms with E-state index in [2.05, 4.69) is 22.4 Å². The topological polar surface area (TPSA) is 42.0 Å². The zero-order valence-electron chi connectivity index (χ0n) is 10.9. The van der Waals surface area contributed by atoms with Crippen molar-refractivity contribution in [3.8, 4) is 0 Å². The number of pyridine rings is 1. The van der Waals surface area contributed by atoms with Gasteiger partial charge in [-0.25, -0.2) is 4.98 Å². The van der Waals surface area contributed by atoms with Gasteiger partial charge in [0.2, 0.25) is 5.91 Å². The predicted octanol–water partition coefficient (Wildman–Crippen LogP) is 3.70. The highest BCUT2D eigenvalue weighted by atomic mass is 35.5. The van der Waals surface area contributed by atoms with Gasteiger partial charge in [-0.3, -0.25) is 4.79 Å². The number of carbonyl (C=O) groups excluding carboxylic acids is 1. The highest BCUT2D eigenvalue weighted by Gasteiger charge is 2.28. The number of nitrogens with one attached hydrogen (secondary N) is 1. The van der Waals surface area contributed by atoms with Gasteiger partial charge in [0.1, 0.15) is 5.15 Å². The first-order valence-electron chi connectivity index (χ1n) is 6.32. The SMILES string of the molecule is Cc1nc(Cl)ccc1NC(=O)C1Cc2ccccc2S1. The molecule has 1 aromatic carbocycles. The Balaban J connectivity index is 1.72. The smallest absolute Gasteiger partial charge is 0.238 e. The molecule has 0 saturated heterocycles. The summed E-state index contributed by atoms with van der Waals surface area (Å²) >= 11 is 7.43. The van der Waals surface area contributed by atoms with Crippen LogP contribution in [0.3, 0.4) is 0 Å². The van der Waals surface area contributed by atoms with Crippen LogP contribution in [0.2, 0.25) is 5.15 Å². The van der Waals surface area contributed by atoms with Gasteiger partial charge in [0.25, 0.3) is 0 Å². The summed E-state index contributed by atoms with van der Waals surface area (Å²) in [4.78, 5) is 17.7. The first kappa shape index (κ1) is 13.5. The van der Waals surface area contributed by atoms with E-state index in [1.807, 2.05) is 19.1 Å². The standard InChI is InChI=1S/C15H13ClN2OS/c1-9-11(6-7-14(16)17-9)18-15(19)13-8-10-4-2-3-5-12(10)20-13/h2-7,13H,8H2,1H3,(H,18,19). The van der Waals surface area contributed by atoms with Crippen molar-refractivity contribution >= 4 is 35.0 Å². The van der Waals surface area contributed by atoms with Crippen LogP contribution in [-0.4, -0.2) is 16.1 Å². The van der Waals surface area contributed by atoms with Crippen LogP contribution in [0.1, 0.15) is 11.3 Å². The molecule has 102 valence electrons. The highest BCUT2D eigenvalue weighted by molar-refractivity contribution is 8.01. The average molecular weight is 305 g/mol. The number of hydrogen-bond donors (Lipinski definition) is 1. The molecule has 3 nitrogen and oxygen atoms in total.